The molecule has 0 bridgehead atoms. The fourth-order valence-corrected chi connectivity index (χ4v) is 5.66. The third-order valence-corrected chi connectivity index (χ3v) is 8.09. The zero-order chi connectivity index (χ0) is 32.5. The SMILES string of the molecule is COc1ccc(S(=O)(=O)Nc2cc(C(=O)NCCOCc3ccccc3)ccc2C#Cc2ccc(C(=O)O)nc2)c2ncccc12. The average molecular weight is 637 g/mol. The molecule has 0 fully saturated rings. The first kappa shape index (κ1) is 31.6. The van der Waals surface area contributed by atoms with E-state index >= 15 is 0 Å². The van der Waals surface area contributed by atoms with Crippen molar-refractivity contribution in [3.05, 3.63) is 125 Å². The molecule has 0 atom stereocenters. The van der Waals surface area contributed by atoms with E-state index in [0.29, 0.717) is 23.3 Å². The number of benzene rings is 3. The predicted molar refractivity (Wildman–Crippen MR) is 171 cm³/mol. The number of carbonyl (C=O) groups is 2. The summed E-state index contributed by atoms with van der Waals surface area (Å²) < 4.78 is 41.1. The Morgan fingerprint density at radius 1 is 0.935 bits per heavy atom. The van der Waals surface area contributed by atoms with Crippen molar-refractivity contribution in [3.8, 4) is 17.6 Å². The number of carboxylic acid groups (broad SMARTS) is 1. The summed E-state index contributed by atoms with van der Waals surface area (Å²) in [4.78, 5) is 32.2. The van der Waals surface area contributed by atoms with Gasteiger partial charge < -0.3 is 19.9 Å². The maximum atomic E-state index is 13.8. The van der Waals surface area contributed by atoms with E-state index in [9.17, 15) is 18.0 Å². The fraction of sp³-hybridized carbons (Fsp3) is 0.118. The third-order valence-electron chi connectivity index (χ3n) is 6.70. The molecular weight excluding hydrogens is 608 g/mol. The van der Waals surface area contributed by atoms with Crippen molar-refractivity contribution in [1.29, 1.82) is 0 Å². The van der Waals surface area contributed by atoms with Gasteiger partial charge in [-0.3, -0.25) is 14.5 Å². The van der Waals surface area contributed by atoms with Crippen LogP contribution in [0.2, 0.25) is 0 Å². The molecule has 5 rings (SSSR count). The molecule has 12 heteroatoms. The second-order valence-electron chi connectivity index (χ2n) is 9.81. The monoisotopic (exact) mass is 636 g/mol. The summed E-state index contributed by atoms with van der Waals surface area (Å²) in [5.41, 5.74) is 1.99. The lowest BCUT2D eigenvalue weighted by molar-refractivity contribution is 0.0690. The Bertz CT molecular complexity index is 2060. The van der Waals surface area contributed by atoms with Crippen LogP contribution < -0.4 is 14.8 Å². The molecule has 0 spiro atoms. The molecule has 1 amide bonds. The number of aromatic nitrogens is 2. The van der Waals surface area contributed by atoms with Crippen LogP contribution in [0.5, 0.6) is 5.75 Å². The van der Waals surface area contributed by atoms with E-state index in [0.717, 1.165) is 5.56 Å². The highest BCUT2D eigenvalue weighted by atomic mass is 32.2. The summed E-state index contributed by atoms with van der Waals surface area (Å²) in [6.07, 6.45) is 2.78. The minimum absolute atomic E-state index is 0.0514. The van der Waals surface area contributed by atoms with Crippen molar-refractivity contribution < 1.29 is 32.6 Å². The lowest BCUT2D eigenvalue weighted by atomic mass is 10.1. The number of carbonyl (C=O) groups excluding carboxylic acids is 1. The molecule has 0 saturated carbocycles. The summed E-state index contributed by atoms with van der Waals surface area (Å²) in [5, 5.41) is 12.4. The first-order chi connectivity index (χ1) is 22.2. The maximum Gasteiger partial charge on any atom is 0.354 e. The van der Waals surface area contributed by atoms with Crippen molar-refractivity contribution in [2.75, 3.05) is 25.0 Å². The van der Waals surface area contributed by atoms with Crippen LogP contribution in [0.25, 0.3) is 10.9 Å². The lowest BCUT2D eigenvalue weighted by Crippen LogP contribution is -2.27. The Morgan fingerprint density at radius 2 is 1.76 bits per heavy atom. The Hall–Kier alpha value is -5.77. The minimum Gasteiger partial charge on any atom is -0.496 e. The van der Waals surface area contributed by atoms with E-state index in [1.807, 2.05) is 30.3 Å². The average Bonchev–Trinajstić information content (AvgIpc) is 3.07. The number of nitrogens with one attached hydrogen (secondary N) is 2. The molecular formula is C34H28N4O7S. The summed E-state index contributed by atoms with van der Waals surface area (Å²) in [7, 11) is -2.76. The molecule has 232 valence electrons. The van der Waals surface area contributed by atoms with Gasteiger partial charge >= 0.3 is 5.97 Å². The molecule has 0 radical (unpaired) electrons. The van der Waals surface area contributed by atoms with Gasteiger partial charge in [-0.25, -0.2) is 18.2 Å². The predicted octanol–water partition coefficient (Wildman–Crippen LogP) is 4.48. The Morgan fingerprint density at radius 3 is 2.50 bits per heavy atom. The number of methoxy groups -OCH3 is 1. The molecule has 3 N–H and O–H groups in total. The highest BCUT2D eigenvalue weighted by Crippen LogP contribution is 2.31. The smallest absolute Gasteiger partial charge is 0.354 e. The molecule has 0 unspecified atom stereocenters. The van der Waals surface area contributed by atoms with Gasteiger partial charge in [0.1, 0.15) is 16.3 Å². The summed E-state index contributed by atoms with van der Waals surface area (Å²) >= 11 is 0. The molecule has 0 saturated heterocycles. The molecule has 0 aliphatic carbocycles. The number of sulfonamides is 1. The van der Waals surface area contributed by atoms with Crippen molar-refractivity contribution in [1.82, 2.24) is 15.3 Å². The second-order valence-corrected chi connectivity index (χ2v) is 11.5. The maximum absolute atomic E-state index is 13.8. The van der Waals surface area contributed by atoms with Crippen molar-refractivity contribution in [2.45, 2.75) is 11.5 Å². The van der Waals surface area contributed by atoms with Crippen molar-refractivity contribution in [2.24, 2.45) is 0 Å². The van der Waals surface area contributed by atoms with Crippen LogP contribution in [0, 0.1) is 11.8 Å². The third kappa shape index (κ3) is 7.65. The molecule has 11 nitrogen and oxygen atoms in total. The summed E-state index contributed by atoms with van der Waals surface area (Å²) in [6.45, 7) is 0.909. The van der Waals surface area contributed by atoms with Crippen LogP contribution in [0.4, 0.5) is 5.69 Å². The lowest BCUT2D eigenvalue weighted by Gasteiger charge is -2.14. The fourth-order valence-electron chi connectivity index (χ4n) is 4.43. The van der Waals surface area contributed by atoms with Crippen molar-refractivity contribution >= 4 is 38.5 Å². The molecule has 3 aromatic carbocycles. The van der Waals surface area contributed by atoms with Crippen molar-refractivity contribution in [3.63, 3.8) is 0 Å². The highest BCUT2D eigenvalue weighted by Gasteiger charge is 2.22. The number of amides is 1. The summed E-state index contributed by atoms with van der Waals surface area (Å²) in [5.74, 6) is 4.61. The topological polar surface area (TPSA) is 157 Å². The standard InChI is InChI=1S/C34H28N4O7S/c1-44-30-15-16-31(32-27(30)8-5-17-35-32)46(42,43)38-29-20-26(33(39)36-18-19-45-22-24-6-3-2-4-7-24)13-12-25(29)11-9-23-10-14-28(34(40)41)37-21-23/h2-8,10,12-17,20-21,38H,18-19,22H2,1H3,(H,36,39)(H,40,41). The van der Waals surface area contributed by atoms with Crippen LogP contribution >= 0.6 is 0 Å². The van der Waals surface area contributed by atoms with Crippen LogP contribution in [0.3, 0.4) is 0 Å². The number of hydrogen-bond acceptors (Lipinski definition) is 8. The van der Waals surface area contributed by atoms with E-state index in [-0.39, 0.29) is 46.1 Å². The molecule has 5 aromatic rings. The second kappa shape index (κ2) is 14.3. The zero-order valence-corrected chi connectivity index (χ0v) is 25.4. The Labute approximate surface area is 265 Å². The van der Waals surface area contributed by atoms with Crippen LogP contribution in [0.15, 0.2) is 102 Å². The first-order valence-corrected chi connectivity index (χ1v) is 15.4. The van der Waals surface area contributed by atoms with E-state index in [2.05, 4.69) is 31.8 Å². The molecule has 2 aromatic heterocycles. The quantitative estimate of drug-likeness (QED) is 0.140. The zero-order valence-electron chi connectivity index (χ0n) is 24.6. The largest absolute Gasteiger partial charge is 0.496 e. The van der Waals surface area contributed by atoms with Gasteiger partial charge in [-0.15, -0.1) is 0 Å². The van der Waals surface area contributed by atoms with Gasteiger partial charge in [-0.2, -0.15) is 0 Å². The highest BCUT2D eigenvalue weighted by molar-refractivity contribution is 7.93. The number of anilines is 1. The van der Waals surface area contributed by atoms with Gasteiger partial charge in [0.15, 0.2) is 0 Å². The van der Waals surface area contributed by atoms with Crippen LogP contribution in [-0.4, -0.2) is 55.6 Å². The van der Waals surface area contributed by atoms with Crippen LogP contribution in [0.1, 0.15) is 37.5 Å². The Balaban J connectivity index is 1.41. The number of nitrogens with zero attached hydrogens (tertiary/aromatic N) is 2. The number of hydrogen-bond donors (Lipinski definition) is 3. The number of ether oxygens (including phenoxy) is 2. The minimum atomic E-state index is -4.24. The van der Waals surface area contributed by atoms with E-state index in [1.54, 1.807) is 12.1 Å². The number of fused-ring (bicyclic) bond motifs is 1. The number of aromatic carboxylic acids is 1. The van der Waals surface area contributed by atoms with E-state index < -0.39 is 21.9 Å². The molecule has 46 heavy (non-hydrogen) atoms. The normalized spacial score (nSPS) is 10.9. The van der Waals surface area contributed by atoms with E-state index in [4.69, 9.17) is 14.6 Å². The van der Waals surface area contributed by atoms with Gasteiger partial charge in [0.05, 0.1) is 31.5 Å². The number of carboxylic acids is 1. The first-order valence-electron chi connectivity index (χ1n) is 13.9. The van der Waals surface area contributed by atoms with Gasteiger partial charge in [-0.05, 0) is 60.2 Å². The number of pyridine rings is 2. The van der Waals surface area contributed by atoms with Gasteiger partial charge in [-0.1, -0.05) is 42.2 Å². The summed E-state index contributed by atoms with van der Waals surface area (Å²) in [6, 6.07) is 23.2. The van der Waals surface area contributed by atoms with Gasteiger partial charge in [0.2, 0.25) is 0 Å². The van der Waals surface area contributed by atoms with Gasteiger partial charge in [0, 0.05) is 41.0 Å². The van der Waals surface area contributed by atoms with E-state index in [1.165, 1.54) is 62.0 Å². The van der Waals surface area contributed by atoms with Crippen LogP contribution in [-0.2, 0) is 21.4 Å². The van der Waals surface area contributed by atoms with Gasteiger partial charge in [0.25, 0.3) is 15.9 Å². The molecule has 0 aliphatic rings. The molecule has 2 heterocycles. The Kier molecular flexibility index (Phi) is 9.87. The number of rotatable bonds is 11. The molecule has 0 aliphatic heterocycles.